The highest BCUT2D eigenvalue weighted by atomic mass is 16.6. The number of nitro benzene ring substituents is 1. The van der Waals surface area contributed by atoms with Crippen LogP contribution in [0.3, 0.4) is 0 Å². The molecule has 0 saturated heterocycles. The molecule has 0 aromatic heterocycles. The zero-order valence-corrected chi connectivity index (χ0v) is 10.9. The lowest BCUT2D eigenvalue weighted by Crippen LogP contribution is -2.13. The van der Waals surface area contributed by atoms with Crippen molar-refractivity contribution in [2.24, 2.45) is 0 Å². The summed E-state index contributed by atoms with van der Waals surface area (Å²) in [5.74, 6) is -0.546. The van der Waals surface area contributed by atoms with Gasteiger partial charge in [-0.25, -0.2) is 0 Å². The van der Waals surface area contributed by atoms with Crippen molar-refractivity contribution in [2.45, 2.75) is 6.42 Å². The molecule has 2 aromatic rings. The van der Waals surface area contributed by atoms with Gasteiger partial charge in [0.2, 0.25) is 0 Å². The topological polar surface area (TPSA) is 96.0 Å². The van der Waals surface area contributed by atoms with E-state index in [4.69, 9.17) is 5.26 Å². The Morgan fingerprint density at radius 2 is 1.86 bits per heavy atom. The number of nitriles is 1. The molecule has 2 aromatic carbocycles. The van der Waals surface area contributed by atoms with Crippen LogP contribution in [-0.4, -0.2) is 10.8 Å². The highest BCUT2D eigenvalue weighted by molar-refractivity contribution is 6.07. The molecule has 0 bridgehead atoms. The molecule has 0 aliphatic heterocycles. The Kier molecular flexibility index (Phi) is 4.26. The normalized spacial score (nSPS) is 9.67. The second-order valence-electron chi connectivity index (χ2n) is 4.26. The number of para-hydroxylation sites is 1. The fourth-order valence-corrected chi connectivity index (χ4v) is 1.82. The largest absolute Gasteiger partial charge is 0.322 e. The number of carbonyl (C=O) groups excluding carboxylic acids is 1. The number of benzene rings is 2. The standard InChI is InChI=1S/C15H11N3O3/c16-10-9-11-5-7-12(8-6-11)17-15(19)13-3-1-2-4-14(13)18(20)21/h1-8H,9H2,(H,17,19). The quantitative estimate of drug-likeness (QED) is 0.688. The Morgan fingerprint density at radius 1 is 1.19 bits per heavy atom. The number of hydrogen-bond donors (Lipinski definition) is 1. The number of rotatable bonds is 4. The summed E-state index contributed by atoms with van der Waals surface area (Å²) in [5, 5.41) is 22.1. The Balaban J connectivity index is 2.19. The van der Waals surface area contributed by atoms with Gasteiger partial charge in [-0.2, -0.15) is 5.26 Å². The van der Waals surface area contributed by atoms with E-state index in [9.17, 15) is 14.9 Å². The minimum atomic E-state index is -0.592. The smallest absolute Gasteiger partial charge is 0.282 e. The molecule has 0 aliphatic rings. The average Bonchev–Trinajstić information content (AvgIpc) is 2.49. The van der Waals surface area contributed by atoms with Crippen molar-refractivity contribution in [1.29, 1.82) is 5.26 Å². The lowest BCUT2D eigenvalue weighted by molar-refractivity contribution is -0.385. The van der Waals surface area contributed by atoms with Crippen LogP contribution < -0.4 is 5.32 Å². The molecule has 6 heteroatoms. The zero-order chi connectivity index (χ0) is 15.2. The van der Waals surface area contributed by atoms with Gasteiger partial charge in [-0.1, -0.05) is 24.3 Å². The predicted octanol–water partition coefficient (Wildman–Crippen LogP) is 2.91. The molecule has 0 radical (unpaired) electrons. The molecule has 0 fully saturated rings. The van der Waals surface area contributed by atoms with E-state index >= 15 is 0 Å². The minimum absolute atomic E-state index is 0.00333. The summed E-state index contributed by atoms with van der Waals surface area (Å²) in [7, 11) is 0. The van der Waals surface area contributed by atoms with Gasteiger partial charge in [0.15, 0.2) is 0 Å². The minimum Gasteiger partial charge on any atom is -0.322 e. The number of carbonyl (C=O) groups is 1. The fourth-order valence-electron chi connectivity index (χ4n) is 1.82. The zero-order valence-electron chi connectivity index (χ0n) is 10.9. The number of nitrogens with one attached hydrogen (secondary N) is 1. The molecule has 0 aliphatic carbocycles. The van der Waals surface area contributed by atoms with Gasteiger partial charge >= 0.3 is 0 Å². The molecule has 6 nitrogen and oxygen atoms in total. The van der Waals surface area contributed by atoms with Crippen LogP contribution in [0.1, 0.15) is 15.9 Å². The van der Waals surface area contributed by atoms with E-state index in [0.717, 1.165) is 5.56 Å². The molecule has 0 saturated carbocycles. The predicted molar refractivity (Wildman–Crippen MR) is 76.8 cm³/mol. The molecule has 0 atom stereocenters. The van der Waals surface area contributed by atoms with Crippen LogP contribution in [0.5, 0.6) is 0 Å². The number of nitrogens with zero attached hydrogens (tertiary/aromatic N) is 2. The van der Waals surface area contributed by atoms with E-state index in [0.29, 0.717) is 12.1 Å². The fraction of sp³-hybridized carbons (Fsp3) is 0.0667. The average molecular weight is 281 g/mol. The third kappa shape index (κ3) is 3.42. The van der Waals surface area contributed by atoms with Gasteiger partial charge in [0.1, 0.15) is 5.56 Å². The van der Waals surface area contributed by atoms with Gasteiger partial charge in [-0.15, -0.1) is 0 Å². The number of nitro groups is 1. The first-order chi connectivity index (χ1) is 10.1. The molecule has 1 amide bonds. The highest BCUT2D eigenvalue weighted by Crippen LogP contribution is 2.19. The maximum absolute atomic E-state index is 12.1. The van der Waals surface area contributed by atoms with E-state index < -0.39 is 10.8 Å². The molecule has 0 unspecified atom stereocenters. The van der Waals surface area contributed by atoms with E-state index in [1.165, 1.54) is 18.2 Å². The van der Waals surface area contributed by atoms with Gasteiger partial charge in [0, 0.05) is 11.8 Å². The van der Waals surface area contributed by atoms with Crippen LogP contribution in [0.2, 0.25) is 0 Å². The van der Waals surface area contributed by atoms with Gasteiger partial charge in [0.25, 0.3) is 11.6 Å². The first kappa shape index (κ1) is 14.2. The van der Waals surface area contributed by atoms with E-state index in [2.05, 4.69) is 5.32 Å². The molecule has 0 spiro atoms. The van der Waals surface area contributed by atoms with Crippen LogP contribution in [0.15, 0.2) is 48.5 Å². The first-order valence-electron chi connectivity index (χ1n) is 6.12. The first-order valence-corrected chi connectivity index (χ1v) is 6.12. The molecular formula is C15H11N3O3. The summed E-state index contributed by atoms with van der Waals surface area (Å²) < 4.78 is 0. The third-order valence-corrected chi connectivity index (χ3v) is 2.84. The summed E-state index contributed by atoms with van der Waals surface area (Å²) in [6.07, 6.45) is 0.290. The van der Waals surface area contributed by atoms with Gasteiger partial charge in [-0.3, -0.25) is 14.9 Å². The summed E-state index contributed by atoms with van der Waals surface area (Å²) in [6, 6.07) is 14.5. The lowest BCUT2D eigenvalue weighted by atomic mass is 10.1. The van der Waals surface area contributed by atoms with Crippen molar-refractivity contribution in [2.75, 3.05) is 5.32 Å². The second kappa shape index (κ2) is 6.30. The van der Waals surface area contributed by atoms with Crippen molar-refractivity contribution >= 4 is 17.3 Å². The maximum Gasteiger partial charge on any atom is 0.282 e. The highest BCUT2D eigenvalue weighted by Gasteiger charge is 2.18. The molecule has 0 heterocycles. The summed E-state index contributed by atoms with van der Waals surface area (Å²) >= 11 is 0. The monoisotopic (exact) mass is 281 g/mol. The van der Waals surface area contributed by atoms with Crippen molar-refractivity contribution in [3.63, 3.8) is 0 Å². The summed E-state index contributed by atoms with van der Waals surface area (Å²) in [6.45, 7) is 0. The van der Waals surface area contributed by atoms with Gasteiger partial charge < -0.3 is 5.32 Å². The van der Waals surface area contributed by atoms with E-state index in [1.807, 2.05) is 6.07 Å². The Hall–Kier alpha value is -3.20. The van der Waals surface area contributed by atoms with Crippen LogP contribution in [-0.2, 0) is 6.42 Å². The molecule has 1 N–H and O–H groups in total. The van der Waals surface area contributed by atoms with Crippen LogP contribution in [0.4, 0.5) is 11.4 Å². The van der Waals surface area contributed by atoms with Crippen molar-refractivity contribution in [1.82, 2.24) is 0 Å². The second-order valence-corrected chi connectivity index (χ2v) is 4.26. The van der Waals surface area contributed by atoms with Gasteiger partial charge in [0.05, 0.1) is 17.4 Å². The Morgan fingerprint density at radius 3 is 2.48 bits per heavy atom. The number of anilines is 1. The Bertz CT molecular complexity index is 718. The van der Waals surface area contributed by atoms with Crippen LogP contribution >= 0.6 is 0 Å². The van der Waals surface area contributed by atoms with Crippen molar-refractivity contribution in [3.8, 4) is 6.07 Å². The molecule has 104 valence electrons. The maximum atomic E-state index is 12.1. The third-order valence-electron chi connectivity index (χ3n) is 2.84. The van der Waals surface area contributed by atoms with Crippen LogP contribution in [0, 0.1) is 21.4 Å². The summed E-state index contributed by atoms with van der Waals surface area (Å²) in [5.41, 5.74) is 1.11. The molecular weight excluding hydrogens is 270 g/mol. The Labute approximate surface area is 120 Å². The van der Waals surface area contributed by atoms with E-state index in [-0.39, 0.29) is 11.3 Å². The summed E-state index contributed by atoms with van der Waals surface area (Å²) in [4.78, 5) is 22.4. The lowest BCUT2D eigenvalue weighted by Gasteiger charge is -2.06. The molecule has 21 heavy (non-hydrogen) atoms. The van der Waals surface area contributed by atoms with Gasteiger partial charge in [-0.05, 0) is 23.8 Å². The van der Waals surface area contributed by atoms with E-state index in [1.54, 1.807) is 30.3 Å². The molecule has 2 rings (SSSR count). The number of hydrogen-bond acceptors (Lipinski definition) is 4. The van der Waals surface area contributed by atoms with Crippen molar-refractivity contribution in [3.05, 3.63) is 69.8 Å². The van der Waals surface area contributed by atoms with Crippen molar-refractivity contribution < 1.29 is 9.72 Å². The SMILES string of the molecule is N#CCc1ccc(NC(=O)c2ccccc2[N+](=O)[O-])cc1. The number of amides is 1. The van der Waals surface area contributed by atoms with Crippen LogP contribution in [0.25, 0.3) is 0 Å².